The molecule has 0 atom stereocenters. The first-order chi connectivity index (χ1) is 9.78. The summed E-state index contributed by atoms with van der Waals surface area (Å²) < 4.78 is 10.8. The van der Waals surface area contributed by atoms with Crippen molar-refractivity contribution in [3.8, 4) is 17.6 Å². The predicted octanol–water partition coefficient (Wildman–Crippen LogP) is 3.71. The van der Waals surface area contributed by atoms with Gasteiger partial charge in [-0.2, -0.15) is 5.26 Å². The molecule has 102 valence electrons. The molecule has 2 aromatic rings. The maximum absolute atomic E-state index is 9.17. The fourth-order valence-corrected chi connectivity index (χ4v) is 1.85. The molecule has 0 aromatic heterocycles. The van der Waals surface area contributed by atoms with Gasteiger partial charge in [-0.05, 0) is 31.2 Å². The molecule has 0 fully saturated rings. The van der Waals surface area contributed by atoms with Gasteiger partial charge >= 0.3 is 0 Å². The van der Waals surface area contributed by atoms with Crippen LogP contribution in [0.2, 0.25) is 0 Å². The van der Waals surface area contributed by atoms with Gasteiger partial charge in [0.25, 0.3) is 0 Å². The lowest BCUT2D eigenvalue weighted by Crippen LogP contribution is -1.99. The fraction of sp³-hybridized carbons (Fsp3) is 0.188. The Balaban J connectivity index is 2.36. The first-order valence-corrected chi connectivity index (χ1v) is 6.35. The van der Waals surface area contributed by atoms with Gasteiger partial charge in [-0.3, -0.25) is 0 Å². The molecule has 2 rings (SSSR count). The quantitative estimate of drug-likeness (QED) is 0.898. The van der Waals surface area contributed by atoms with Gasteiger partial charge in [0.2, 0.25) is 0 Å². The highest BCUT2D eigenvalue weighted by Crippen LogP contribution is 2.30. The zero-order chi connectivity index (χ0) is 14.4. The third-order valence-electron chi connectivity index (χ3n) is 2.80. The predicted molar refractivity (Wildman–Crippen MR) is 78.6 cm³/mol. The molecule has 0 amide bonds. The SMILES string of the molecule is CCOc1ccccc1Nc1cc(OC)ccc1C#N. The molecule has 1 N–H and O–H groups in total. The van der Waals surface area contributed by atoms with E-state index in [1.54, 1.807) is 25.3 Å². The van der Waals surface area contributed by atoms with E-state index in [-0.39, 0.29) is 0 Å². The monoisotopic (exact) mass is 268 g/mol. The van der Waals surface area contributed by atoms with Gasteiger partial charge in [-0.15, -0.1) is 0 Å². The molecule has 0 aliphatic rings. The average molecular weight is 268 g/mol. The number of rotatable bonds is 5. The van der Waals surface area contributed by atoms with Crippen LogP contribution in [0, 0.1) is 11.3 Å². The van der Waals surface area contributed by atoms with Crippen LogP contribution in [0.15, 0.2) is 42.5 Å². The van der Waals surface area contributed by atoms with Gasteiger partial charge in [0.1, 0.15) is 17.6 Å². The Bertz CT molecular complexity index is 633. The van der Waals surface area contributed by atoms with E-state index in [0.717, 1.165) is 11.4 Å². The van der Waals surface area contributed by atoms with Crippen LogP contribution in [0.5, 0.6) is 11.5 Å². The van der Waals surface area contributed by atoms with Gasteiger partial charge in [0, 0.05) is 6.07 Å². The highest BCUT2D eigenvalue weighted by atomic mass is 16.5. The minimum absolute atomic E-state index is 0.553. The van der Waals surface area contributed by atoms with E-state index in [1.807, 2.05) is 31.2 Å². The van der Waals surface area contributed by atoms with Crippen LogP contribution in [-0.4, -0.2) is 13.7 Å². The third kappa shape index (κ3) is 3.01. The van der Waals surface area contributed by atoms with Crippen molar-refractivity contribution in [3.63, 3.8) is 0 Å². The lowest BCUT2D eigenvalue weighted by atomic mass is 10.1. The highest BCUT2D eigenvalue weighted by Gasteiger charge is 2.07. The lowest BCUT2D eigenvalue weighted by Gasteiger charge is -2.13. The zero-order valence-electron chi connectivity index (χ0n) is 11.5. The number of hydrogen-bond donors (Lipinski definition) is 1. The summed E-state index contributed by atoms with van der Waals surface area (Å²) in [5, 5.41) is 12.4. The second-order valence-electron chi connectivity index (χ2n) is 4.08. The molecule has 0 unspecified atom stereocenters. The molecule has 0 radical (unpaired) electrons. The van der Waals surface area contributed by atoms with E-state index in [2.05, 4.69) is 11.4 Å². The van der Waals surface area contributed by atoms with Crippen molar-refractivity contribution in [3.05, 3.63) is 48.0 Å². The second-order valence-corrected chi connectivity index (χ2v) is 4.08. The number of nitrogens with zero attached hydrogens (tertiary/aromatic N) is 1. The topological polar surface area (TPSA) is 54.3 Å². The second kappa shape index (κ2) is 6.48. The Morgan fingerprint density at radius 2 is 1.95 bits per heavy atom. The molecule has 0 aliphatic carbocycles. The van der Waals surface area contributed by atoms with Crippen molar-refractivity contribution in [2.45, 2.75) is 6.92 Å². The smallest absolute Gasteiger partial charge is 0.142 e. The summed E-state index contributed by atoms with van der Waals surface area (Å²) in [5.74, 6) is 1.45. The number of nitrogens with one attached hydrogen (secondary N) is 1. The Labute approximate surface area is 118 Å². The normalized spacial score (nSPS) is 9.65. The maximum atomic E-state index is 9.17. The van der Waals surface area contributed by atoms with E-state index in [4.69, 9.17) is 9.47 Å². The number of anilines is 2. The number of hydrogen-bond acceptors (Lipinski definition) is 4. The summed E-state index contributed by atoms with van der Waals surface area (Å²) in [6.07, 6.45) is 0. The molecule has 0 saturated carbocycles. The fourth-order valence-electron chi connectivity index (χ4n) is 1.85. The van der Waals surface area contributed by atoms with E-state index in [0.29, 0.717) is 23.6 Å². The van der Waals surface area contributed by atoms with Crippen molar-refractivity contribution >= 4 is 11.4 Å². The summed E-state index contributed by atoms with van der Waals surface area (Å²) in [5.41, 5.74) is 2.07. The summed E-state index contributed by atoms with van der Waals surface area (Å²) in [6, 6.07) is 15.1. The Morgan fingerprint density at radius 3 is 2.65 bits per heavy atom. The Morgan fingerprint density at radius 1 is 1.15 bits per heavy atom. The molecule has 0 heterocycles. The molecular formula is C16H16N2O2. The number of benzene rings is 2. The van der Waals surface area contributed by atoms with Crippen LogP contribution in [0.3, 0.4) is 0 Å². The van der Waals surface area contributed by atoms with Crippen LogP contribution < -0.4 is 14.8 Å². The van der Waals surface area contributed by atoms with Gasteiger partial charge < -0.3 is 14.8 Å². The van der Waals surface area contributed by atoms with Crippen LogP contribution in [-0.2, 0) is 0 Å². The average Bonchev–Trinajstić information content (AvgIpc) is 2.49. The summed E-state index contributed by atoms with van der Waals surface area (Å²) in [6.45, 7) is 2.52. The third-order valence-corrected chi connectivity index (χ3v) is 2.80. The molecule has 4 heteroatoms. The van der Waals surface area contributed by atoms with Crippen molar-refractivity contribution in [1.29, 1.82) is 5.26 Å². The Hall–Kier alpha value is -2.67. The van der Waals surface area contributed by atoms with Crippen molar-refractivity contribution in [2.24, 2.45) is 0 Å². The first kappa shape index (κ1) is 13.8. The minimum Gasteiger partial charge on any atom is -0.497 e. The number of nitriles is 1. The summed E-state index contributed by atoms with van der Waals surface area (Å²) in [7, 11) is 1.60. The molecule has 2 aromatic carbocycles. The summed E-state index contributed by atoms with van der Waals surface area (Å²) >= 11 is 0. The van der Waals surface area contributed by atoms with E-state index in [1.165, 1.54) is 0 Å². The number of methoxy groups -OCH3 is 1. The van der Waals surface area contributed by atoms with Crippen molar-refractivity contribution < 1.29 is 9.47 Å². The van der Waals surface area contributed by atoms with Crippen LogP contribution >= 0.6 is 0 Å². The minimum atomic E-state index is 0.553. The van der Waals surface area contributed by atoms with Crippen LogP contribution in [0.25, 0.3) is 0 Å². The molecular weight excluding hydrogens is 252 g/mol. The first-order valence-electron chi connectivity index (χ1n) is 6.35. The maximum Gasteiger partial charge on any atom is 0.142 e. The molecule has 4 nitrogen and oxygen atoms in total. The molecule has 0 spiro atoms. The lowest BCUT2D eigenvalue weighted by molar-refractivity contribution is 0.342. The van der Waals surface area contributed by atoms with Crippen LogP contribution in [0.4, 0.5) is 11.4 Å². The number of para-hydroxylation sites is 2. The molecule has 0 aliphatic heterocycles. The van der Waals surface area contributed by atoms with Gasteiger partial charge in [-0.1, -0.05) is 12.1 Å². The van der Waals surface area contributed by atoms with Gasteiger partial charge in [0.15, 0.2) is 0 Å². The molecule has 20 heavy (non-hydrogen) atoms. The van der Waals surface area contributed by atoms with E-state index in [9.17, 15) is 5.26 Å². The van der Waals surface area contributed by atoms with Gasteiger partial charge in [0.05, 0.1) is 30.7 Å². The van der Waals surface area contributed by atoms with Crippen LogP contribution in [0.1, 0.15) is 12.5 Å². The van der Waals surface area contributed by atoms with Gasteiger partial charge in [-0.25, -0.2) is 0 Å². The van der Waals surface area contributed by atoms with E-state index >= 15 is 0 Å². The summed E-state index contributed by atoms with van der Waals surface area (Å²) in [4.78, 5) is 0. The molecule has 0 bridgehead atoms. The zero-order valence-corrected chi connectivity index (χ0v) is 11.5. The molecule has 0 saturated heterocycles. The van der Waals surface area contributed by atoms with Crippen molar-refractivity contribution in [1.82, 2.24) is 0 Å². The van der Waals surface area contributed by atoms with E-state index < -0.39 is 0 Å². The largest absolute Gasteiger partial charge is 0.497 e. The Kier molecular flexibility index (Phi) is 4.46. The number of ether oxygens (including phenoxy) is 2. The van der Waals surface area contributed by atoms with Crippen molar-refractivity contribution in [2.75, 3.05) is 19.0 Å². The standard InChI is InChI=1S/C16H16N2O2/c1-3-20-16-7-5-4-6-14(16)18-15-10-13(19-2)9-8-12(15)11-17/h4-10,18H,3H2,1-2H3. The highest BCUT2D eigenvalue weighted by molar-refractivity contribution is 5.71.